The van der Waals surface area contributed by atoms with Crippen molar-refractivity contribution in [2.75, 3.05) is 20.3 Å². The van der Waals surface area contributed by atoms with E-state index in [2.05, 4.69) is 4.98 Å². The molecule has 0 saturated carbocycles. The fraction of sp³-hybridized carbons (Fsp3) is 0.267. The van der Waals surface area contributed by atoms with Gasteiger partial charge in [0, 0.05) is 23.9 Å². The van der Waals surface area contributed by atoms with Gasteiger partial charge < -0.3 is 14.2 Å². The summed E-state index contributed by atoms with van der Waals surface area (Å²) in [6.45, 7) is 0.863. The largest absolute Gasteiger partial charge is 0.497 e. The SMILES string of the molecule is COc1ccnc(-c2ccc(C3OCCO3)c([N+](=O)[O-])c2)c1. The Morgan fingerprint density at radius 2 is 2.05 bits per heavy atom. The van der Waals surface area contributed by atoms with Crippen molar-refractivity contribution < 1.29 is 19.1 Å². The second-order valence-corrected chi connectivity index (χ2v) is 4.69. The van der Waals surface area contributed by atoms with Gasteiger partial charge in [-0.1, -0.05) is 6.07 Å². The first kappa shape index (κ1) is 14.4. The minimum Gasteiger partial charge on any atom is -0.497 e. The molecule has 1 aromatic heterocycles. The highest BCUT2D eigenvalue weighted by Crippen LogP contribution is 2.34. The van der Waals surface area contributed by atoms with Gasteiger partial charge in [0.25, 0.3) is 5.69 Å². The van der Waals surface area contributed by atoms with Crippen LogP contribution in [0.1, 0.15) is 11.9 Å². The van der Waals surface area contributed by atoms with Crippen molar-refractivity contribution in [3.05, 3.63) is 52.2 Å². The van der Waals surface area contributed by atoms with Crippen molar-refractivity contribution in [2.24, 2.45) is 0 Å². The predicted octanol–water partition coefficient (Wildman–Crippen LogP) is 2.71. The van der Waals surface area contributed by atoms with Crippen LogP contribution in [0.5, 0.6) is 5.75 Å². The first-order chi connectivity index (χ1) is 10.7. The van der Waals surface area contributed by atoms with E-state index in [1.54, 1.807) is 37.6 Å². The number of nitro benzene ring substituents is 1. The molecule has 0 bridgehead atoms. The normalized spacial score (nSPS) is 15.0. The number of nitrogens with zero attached hydrogens (tertiary/aromatic N) is 2. The van der Waals surface area contributed by atoms with E-state index in [-0.39, 0.29) is 5.69 Å². The number of ether oxygens (including phenoxy) is 3. The molecule has 0 N–H and O–H groups in total. The van der Waals surface area contributed by atoms with Crippen molar-refractivity contribution in [2.45, 2.75) is 6.29 Å². The predicted molar refractivity (Wildman–Crippen MR) is 77.5 cm³/mol. The molecule has 2 aromatic rings. The molecule has 3 rings (SSSR count). The van der Waals surface area contributed by atoms with E-state index in [0.717, 1.165) is 0 Å². The van der Waals surface area contributed by atoms with Gasteiger partial charge in [-0.3, -0.25) is 15.1 Å². The lowest BCUT2D eigenvalue weighted by Crippen LogP contribution is -2.03. The third-order valence-electron chi connectivity index (χ3n) is 3.37. The highest BCUT2D eigenvalue weighted by molar-refractivity contribution is 5.65. The molecule has 0 spiro atoms. The van der Waals surface area contributed by atoms with Gasteiger partial charge in [-0.2, -0.15) is 0 Å². The minimum atomic E-state index is -0.687. The molecule has 0 unspecified atom stereocenters. The quantitative estimate of drug-likeness (QED) is 0.638. The number of rotatable bonds is 4. The molecule has 2 heterocycles. The average molecular weight is 302 g/mol. The van der Waals surface area contributed by atoms with Crippen LogP contribution in [0.2, 0.25) is 0 Å². The number of aromatic nitrogens is 1. The second kappa shape index (κ2) is 6.08. The Labute approximate surface area is 126 Å². The Hall–Kier alpha value is -2.51. The number of benzene rings is 1. The van der Waals surface area contributed by atoms with Crippen LogP contribution in [0.25, 0.3) is 11.3 Å². The summed E-state index contributed by atoms with van der Waals surface area (Å²) in [4.78, 5) is 15.1. The monoisotopic (exact) mass is 302 g/mol. The number of nitro groups is 1. The highest BCUT2D eigenvalue weighted by atomic mass is 16.7. The summed E-state index contributed by atoms with van der Waals surface area (Å²) in [5.74, 6) is 0.638. The van der Waals surface area contributed by atoms with Crippen LogP contribution in [-0.4, -0.2) is 30.2 Å². The molecule has 1 aliphatic rings. The van der Waals surface area contributed by atoms with E-state index in [4.69, 9.17) is 14.2 Å². The van der Waals surface area contributed by atoms with Gasteiger partial charge in [0.15, 0.2) is 6.29 Å². The average Bonchev–Trinajstić information content (AvgIpc) is 3.08. The van der Waals surface area contributed by atoms with Gasteiger partial charge in [0.05, 0.1) is 36.5 Å². The molecule has 1 aromatic carbocycles. The van der Waals surface area contributed by atoms with E-state index in [1.165, 1.54) is 6.07 Å². The first-order valence-electron chi connectivity index (χ1n) is 6.71. The summed E-state index contributed by atoms with van der Waals surface area (Å²) < 4.78 is 15.8. The van der Waals surface area contributed by atoms with Crippen molar-refractivity contribution in [1.29, 1.82) is 0 Å². The Morgan fingerprint density at radius 1 is 1.27 bits per heavy atom. The molecular weight excluding hydrogens is 288 g/mol. The minimum absolute atomic E-state index is 0.0472. The Balaban J connectivity index is 2.02. The van der Waals surface area contributed by atoms with Crippen LogP contribution in [0.4, 0.5) is 5.69 Å². The van der Waals surface area contributed by atoms with Crippen molar-refractivity contribution in [1.82, 2.24) is 4.98 Å². The zero-order valence-electron chi connectivity index (χ0n) is 11.9. The van der Waals surface area contributed by atoms with Gasteiger partial charge in [-0.25, -0.2) is 0 Å². The van der Waals surface area contributed by atoms with Crippen LogP contribution in [-0.2, 0) is 9.47 Å². The van der Waals surface area contributed by atoms with Crippen LogP contribution in [0, 0.1) is 10.1 Å². The van der Waals surface area contributed by atoms with E-state index in [0.29, 0.717) is 35.8 Å². The summed E-state index contributed by atoms with van der Waals surface area (Å²) in [5.41, 5.74) is 1.60. The van der Waals surface area contributed by atoms with Crippen molar-refractivity contribution in [3.63, 3.8) is 0 Å². The van der Waals surface area contributed by atoms with Gasteiger partial charge >= 0.3 is 0 Å². The Morgan fingerprint density at radius 3 is 2.73 bits per heavy atom. The maximum atomic E-state index is 11.3. The lowest BCUT2D eigenvalue weighted by atomic mass is 10.1. The number of hydrogen-bond acceptors (Lipinski definition) is 6. The van der Waals surface area contributed by atoms with E-state index >= 15 is 0 Å². The third-order valence-corrected chi connectivity index (χ3v) is 3.37. The molecule has 0 atom stereocenters. The Bertz CT molecular complexity index is 698. The number of pyridine rings is 1. The maximum absolute atomic E-state index is 11.3. The standard InChI is InChI=1S/C15H14N2O5/c1-20-11-4-5-16-13(9-11)10-2-3-12(14(8-10)17(18)19)15-21-6-7-22-15/h2-5,8-9,15H,6-7H2,1H3. The van der Waals surface area contributed by atoms with Gasteiger partial charge in [-0.05, 0) is 12.1 Å². The first-order valence-corrected chi connectivity index (χ1v) is 6.71. The molecular formula is C15H14N2O5. The van der Waals surface area contributed by atoms with Gasteiger partial charge in [0.2, 0.25) is 0 Å². The van der Waals surface area contributed by atoms with E-state index < -0.39 is 11.2 Å². The molecule has 0 radical (unpaired) electrons. The topological polar surface area (TPSA) is 83.7 Å². The summed E-state index contributed by atoms with van der Waals surface area (Å²) in [6.07, 6.45) is 0.907. The molecule has 7 heteroatoms. The van der Waals surface area contributed by atoms with Crippen LogP contribution < -0.4 is 4.74 Å². The summed E-state index contributed by atoms with van der Waals surface area (Å²) in [5, 5.41) is 11.3. The summed E-state index contributed by atoms with van der Waals surface area (Å²) in [7, 11) is 1.55. The molecule has 0 amide bonds. The van der Waals surface area contributed by atoms with Crippen LogP contribution in [0.3, 0.4) is 0 Å². The van der Waals surface area contributed by atoms with E-state index in [1.807, 2.05) is 0 Å². The lowest BCUT2D eigenvalue weighted by Gasteiger charge is -2.11. The second-order valence-electron chi connectivity index (χ2n) is 4.69. The Kier molecular flexibility index (Phi) is 3.99. The van der Waals surface area contributed by atoms with Crippen molar-refractivity contribution >= 4 is 5.69 Å². The maximum Gasteiger partial charge on any atom is 0.278 e. The zero-order valence-corrected chi connectivity index (χ0v) is 11.9. The molecule has 114 valence electrons. The molecule has 1 saturated heterocycles. The highest BCUT2D eigenvalue weighted by Gasteiger charge is 2.27. The van der Waals surface area contributed by atoms with Crippen LogP contribution in [0.15, 0.2) is 36.5 Å². The van der Waals surface area contributed by atoms with Crippen LogP contribution >= 0.6 is 0 Å². The number of hydrogen-bond donors (Lipinski definition) is 0. The van der Waals surface area contributed by atoms with Gasteiger partial charge in [-0.15, -0.1) is 0 Å². The number of methoxy groups -OCH3 is 1. The molecule has 1 fully saturated rings. The molecule has 0 aliphatic carbocycles. The molecule has 22 heavy (non-hydrogen) atoms. The zero-order chi connectivity index (χ0) is 15.5. The molecule has 1 aliphatic heterocycles. The summed E-state index contributed by atoms with van der Waals surface area (Å²) >= 11 is 0. The fourth-order valence-electron chi connectivity index (χ4n) is 2.29. The van der Waals surface area contributed by atoms with Gasteiger partial charge in [0.1, 0.15) is 5.75 Å². The van der Waals surface area contributed by atoms with E-state index in [9.17, 15) is 10.1 Å². The third kappa shape index (κ3) is 2.76. The fourth-order valence-corrected chi connectivity index (χ4v) is 2.29. The smallest absolute Gasteiger partial charge is 0.278 e. The summed E-state index contributed by atoms with van der Waals surface area (Å²) in [6, 6.07) is 8.32. The lowest BCUT2D eigenvalue weighted by molar-refractivity contribution is -0.386. The molecule has 7 nitrogen and oxygen atoms in total. The van der Waals surface area contributed by atoms with Crippen molar-refractivity contribution in [3.8, 4) is 17.0 Å².